The van der Waals surface area contributed by atoms with E-state index in [2.05, 4.69) is 15.5 Å². The number of carbonyl (C=O) groups is 2. The van der Waals surface area contributed by atoms with Crippen molar-refractivity contribution in [3.8, 4) is 0 Å². The highest BCUT2D eigenvalue weighted by Gasteiger charge is 2.32. The topological polar surface area (TPSA) is 75.2 Å². The van der Waals surface area contributed by atoms with Crippen LogP contribution in [0.5, 0.6) is 0 Å². The van der Waals surface area contributed by atoms with Crippen LogP contribution in [0.25, 0.3) is 0 Å². The molecule has 6 nitrogen and oxygen atoms in total. The summed E-state index contributed by atoms with van der Waals surface area (Å²) in [5.74, 6) is 0.373. The number of hydrogen-bond donors (Lipinski definition) is 1. The first-order valence-electron chi connectivity index (χ1n) is 8.88. The van der Waals surface area contributed by atoms with Gasteiger partial charge in [-0.1, -0.05) is 65.6 Å². The fourth-order valence-corrected chi connectivity index (χ4v) is 5.35. The molecule has 0 aliphatic carbocycles. The first-order chi connectivity index (χ1) is 14.1. The lowest BCUT2D eigenvalue weighted by molar-refractivity contribution is -0.128. The van der Waals surface area contributed by atoms with Gasteiger partial charge in [0.2, 0.25) is 11.0 Å². The molecule has 0 spiro atoms. The molecule has 1 unspecified atom stereocenters. The predicted octanol–water partition coefficient (Wildman–Crippen LogP) is 4.29. The van der Waals surface area contributed by atoms with Gasteiger partial charge in [-0.3, -0.25) is 14.9 Å². The minimum Gasteiger partial charge on any atom is -0.322 e. The van der Waals surface area contributed by atoms with Crippen LogP contribution in [-0.4, -0.2) is 38.9 Å². The Morgan fingerprint density at radius 3 is 2.62 bits per heavy atom. The first kappa shape index (κ1) is 19.9. The Balaban J connectivity index is 1.46. The van der Waals surface area contributed by atoms with Gasteiger partial charge < -0.3 is 4.90 Å². The minimum atomic E-state index is -0.225. The molecule has 0 bridgehead atoms. The lowest BCUT2D eigenvalue weighted by atomic mass is 10.1. The summed E-state index contributed by atoms with van der Waals surface area (Å²) in [4.78, 5) is 26.7. The van der Waals surface area contributed by atoms with Crippen molar-refractivity contribution >= 4 is 51.8 Å². The Kier molecular flexibility index (Phi) is 6.17. The molecule has 148 valence electrons. The average Bonchev–Trinajstić information content (AvgIpc) is 3.35. The van der Waals surface area contributed by atoms with Gasteiger partial charge in [0.05, 0.1) is 5.75 Å². The van der Waals surface area contributed by atoms with Crippen LogP contribution in [0.3, 0.4) is 0 Å². The Morgan fingerprint density at radius 1 is 1.17 bits per heavy atom. The van der Waals surface area contributed by atoms with E-state index in [9.17, 15) is 9.59 Å². The highest BCUT2D eigenvalue weighted by atomic mass is 32.2. The van der Waals surface area contributed by atoms with Crippen LogP contribution < -0.4 is 5.32 Å². The number of aromatic nitrogens is 2. The van der Waals surface area contributed by atoms with Crippen molar-refractivity contribution in [2.45, 2.75) is 16.3 Å². The van der Waals surface area contributed by atoms with Crippen LogP contribution in [0.15, 0.2) is 58.9 Å². The number of amides is 2. The lowest BCUT2D eigenvalue weighted by Gasteiger charge is -2.24. The molecule has 1 aliphatic heterocycles. The number of thioether (sulfide) groups is 2. The zero-order valence-electron chi connectivity index (χ0n) is 15.6. The van der Waals surface area contributed by atoms with Crippen molar-refractivity contribution in [2.75, 3.05) is 17.3 Å². The number of anilines is 1. The van der Waals surface area contributed by atoms with Crippen LogP contribution in [0.2, 0.25) is 0 Å². The molecule has 2 aromatic carbocycles. The number of rotatable bonds is 6. The third-order valence-corrected chi connectivity index (χ3v) is 7.49. The SMILES string of the molecule is CSc1nnc(NC(=O)c2ccc(C3SCC(=O)N3Cc3ccccc3)cc2)s1. The van der Waals surface area contributed by atoms with E-state index in [0.717, 1.165) is 15.5 Å². The quantitative estimate of drug-likeness (QED) is 0.453. The van der Waals surface area contributed by atoms with Crippen LogP contribution in [0.4, 0.5) is 5.13 Å². The number of nitrogens with zero attached hydrogens (tertiary/aromatic N) is 3. The van der Waals surface area contributed by atoms with Crippen molar-refractivity contribution < 1.29 is 9.59 Å². The molecule has 1 aliphatic rings. The predicted molar refractivity (Wildman–Crippen MR) is 118 cm³/mol. The molecular weight excluding hydrogens is 424 g/mol. The van der Waals surface area contributed by atoms with Crippen molar-refractivity contribution in [3.63, 3.8) is 0 Å². The van der Waals surface area contributed by atoms with Gasteiger partial charge >= 0.3 is 0 Å². The lowest BCUT2D eigenvalue weighted by Crippen LogP contribution is -2.27. The summed E-state index contributed by atoms with van der Waals surface area (Å²) in [5.41, 5.74) is 2.65. The van der Waals surface area contributed by atoms with Crippen molar-refractivity contribution in [3.05, 3.63) is 71.3 Å². The van der Waals surface area contributed by atoms with E-state index in [1.807, 2.05) is 53.6 Å². The zero-order valence-corrected chi connectivity index (χ0v) is 18.0. The number of benzene rings is 2. The molecule has 1 aromatic heterocycles. The van der Waals surface area contributed by atoms with Crippen molar-refractivity contribution in [2.24, 2.45) is 0 Å². The highest BCUT2D eigenvalue weighted by molar-refractivity contribution is 8.00. The van der Waals surface area contributed by atoms with E-state index in [1.165, 1.54) is 23.1 Å². The molecule has 3 aromatic rings. The largest absolute Gasteiger partial charge is 0.322 e. The maximum absolute atomic E-state index is 12.5. The normalized spacial score (nSPS) is 16.2. The molecule has 2 heterocycles. The Morgan fingerprint density at radius 2 is 1.93 bits per heavy atom. The molecule has 1 fully saturated rings. The van der Waals surface area contributed by atoms with E-state index in [4.69, 9.17) is 0 Å². The number of hydrogen-bond acceptors (Lipinski definition) is 7. The summed E-state index contributed by atoms with van der Waals surface area (Å²) in [5, 5.41) is 11.1. The fraction of sp³-hybridized carbons (Fsp3) is 0.200. The van der Waals surface area contributed by atoms with Crippen LogP contribution in [0.1, 0.15) is 26.9 Å². The van der Waals surface area contributed by atoms with E-state index in [1.54, 1.807) is 23.9 Å². The van der Waals surface area contributed by atoms with Gasteiger partial charge in [0.25, 0.3) is 5.91 Å². The van der Waals surface area contributed by atoms with Crippen LogP contribution >= 0.6 is 34.9 Å². The standard InChI is InChI=1S/C20H18N4O2S3/c1-27-20-23-22-19(29-20)21-17(26)14-7-9-15(10-8-14)18-24(16(25)12-28-18)11-13-5-3-2-4-6-13/h2-10,18H,11-12H2,1H3,(H,21,22,26). The van der Waals surface area contributed by atoms with Gasteiger partial charge in [-0.05, 0) is 29.5 Å². The first-order valence-corrected chi connectivity index (χ1v) is 12.0. The van der Waals surface area contributed by atoms with Gasteiger partial charge in [0.15, 0.2) is 4.34 Å². The highest BCUT2D eigenvalue weighted by Crippen LogP contribution is 2.39. The van der Waals surface area contributed by atoms with Gasteiger partial charge in [0, 0.05) is 12.1 Å². The van der Waals surface area contributed by atoms with Crippen LogP contribution in [-0.2, 0) is 11.3 Å². The maximum Gasteiger partial charge on any atom is 0.257 e. The summed E-state index contributed by atoms with van der Waals surface area (Å²) >= 11 is 4.44. The molecule has 0 saturated carbocycles. The molecule has 1 N–H and O–H groups in total. The average molecular weight is 443 g/mol. The van der Waals surface area contributed by atoms with Crippen molar-refractivity contribution in [1.29, 1.82) is 0 Å². The fourth-order valence-electron chi connectivity index (χ4n) is 2.99. The molecule has 1 atom stereocenters. The van der Waals surface area contributed by atoms with E-state index < -0.39 is 0 Å². The summed E-state index contributed by atoms with van der Waals surface area (Å²) < 4.78 is 0.803. The van der Waals surface area contributed by atoms with Gasteiger partial charge in [0.1, 0.15) is 5.37 Å². The second-order valence-corrected chi connectivity index (χ2v) is 9.42. The summed E-state index contributed by atoms with van der Waals surface area (Å²) in [6.07, 6.45) is 1.91. The Hall–Kier alpha value is -2.36. The second kappa shape index (κ2) is 8.98. The number of nitrogens with one attached hydrogen (secondary N) is 1. The zero-order chi connectivity index (χ0) is 20.2. The third kappa shape index (κ3) is 4.63. The molecular formula is C20H18N4O2S3. The van der Waals surface area contributed by atoms with Gasteiger partial charge in [-0.15, -0.1) is 22.0 Å². The molecule has 0 radical (unpaired) electrons. The maximum atomic E-state index is 12.5. The number of carbonyl (C=O) groups excluding carboxylic acids is 2. The molecule has 2 amide bonds. The monoisotopic (exact) mass is 442 g/mol. The third-order valence-electron chi connectivity index (χ3n) is 4.42. The molecule has 29 heavy (non-hydrogen) atoms. The van der Waals surface area contributed by atoms with Gasteiger partial charge in [-0.2, -0.15) is 0 Å². The summed E-state index contributed by atoms with van der Waals surface area (Å²) in [7, 11) is 0. The summed E-state index contributed by atoms with van der Waals surface area (Å²) in [6, 6.07) is 17.4. The molecule has 4 rings (SSSR count). The molecule has 1 saturated heterocycles. The van der Waals surface area contributed by atoms with E-state index in [0.29, 0.717) is 23.0 Å². The van der Waals surface area contributed by atoms with E-state index >= 15 is 0 Å². The Bertz CT molecular complexity index is 1010. The summed E-state index contributed by atoms with van der Waals surface area (Å²) in [6.45, 7) is 0.578. The van der Waals surface area contributed by atoms with Gasteiger partial charge in [-0.25, -0.2) is 0 Å². The second-order valence-electron chi connectivity index (χ2n) is 6.32. The molecule has 9 heteroatoms. The smallest absolute Gasteiger partial charge is 0.257 e. The van der Waals surface area contributed by atoms with Crippen molar-refractivity contribution in [1.82, 2.24) is 15.1 Å². The Labute approximate surface area is 181 Å². The van der Waals surface area contributed by atoms with E-state index in [-0.39, 0.29) is 17.2 Å². The minimum absolute atomic E-state index is 0.0490. The van der Waals surface area contributed by atoms with Crippen LogP contribution in [0, 0.1) is 0 Å².